The summed E-state index contributed by atoms with van der Waals surface area (Å²) in [5.41, 5.74) is -0.130. The van der Waals surface area contributed by atoms with Crippen LogP contribution in [0.4, 0.5) is 15.4 Å². The van der Waals surface area contributed by atoms with Gasteiger partial charge >= 0.3 is 29.5 Å². The Balaban J connectivity index is 1.36. The van der Waals surface area contributed by atoms with Gasteiger partial charge in [-0.3, -0.25) is 24.0 Å². The lowest BCUT2D eigenvalue weighted by Gasteiger charge is -2.09. The molecule has 0 atom stereocenters. The number of alkyl carbamates (subject to hydrolysis) is 1. The Bertz CT molecular complexity index is 1510. The van der Waals surface area contributed by atoms with Crippen molar-refractivity contribution in [2.24, 2.45) is 0 Å². The fourth-order valence-corrected chi connectivity index (χ4v) is 6.09. The molecule has 0 saturated carbocycles. The molecule has 3 amide bonds. The number of hydrogen-bond donors (Lipinski definition) is 3. The van der Waals surface area contributed by atoms with Crippen molar-refractivity contribution in [3.63, 3.8) is 0 Å². The minimum absolute atomic E-state index is 0.0745. The maximum absolute atomic E-state index is 12.3. The van der Waals surface area contributed by atoms with E-state index in [1.54, 1.807) is 45.8 Å². The second-order valence-corrected chi connectivity index (χ2v) is 14.6. The summed E-state index contributed by atoms with van der Waals surface area (Å²) in [6.07, 6.45) is 24.3. The highest BCUT2D eigenvalue weighted by atomic mass is 16.5. The summed E-state index contributed by atoms with van der Waals surface area (Å²) in [5, 5.41) is 8.10. The molecule has 0 aliphatic rings. The monoisotopic (exact) mass is 812 g/mol. The van der Waals surface area contributed by atoms with Crippen molar-refractivity contribution in [1.29, 1.82) is 0 Å². The van der Waals surface area contributed by atoms with Gasteiger partial charge in [0, 0.05) is 57.8 Å². The molecular weight excluding hydrogens is 743 g/mol. The van der Waals surface area contributed by atoms with Crippen molar-refractivity contribution in [2.75, 3.05) is 31.6 Å². The number of urea groups is 1. The molecular formula is C43H69N7O8. The summed E-state index contributed by atoms with van der Waals surface area (Å²) in [4.78, 5) is 80.8. The van der Waals surface area contributed by atoms with Gasteiger partial charge in [-0.15, -0.1) is 0 Å². The summed E-state index contributed by atoms with van der Waals surface area (Å²) in [5.74, 6) is 0.0327. The van der Waals surface area contributed by atoms with E-state index in [9.17, 15) is 28.8 Å². The Labute approximate surface area is 344 Å². The number of nitrogens with one attached hydrogen (secondary N) is 3. The van der Waals surface area contributed by atoms with Gasteiger partial charge in [-0.25, -0.2) is 19.2 Å². The Hall–Kier alpha value is -4.82. The van der Waals surface area contributed by atoms with E-state index in [1.807, 2.05) is 0 Å². The number of unbranched alkanes of at least 4 members (excludes halogenated alkanes) is 14. The Morgan fingerprint density at radius 2 is 1.16 bits per heavy atom. The summed E-state index contributed by atoms with van der Waals surface area (Å²) in [6.45, 7) is 6.75. The van der Waals surface area contributed by atoms with E-state index >= 15 is 0 Å². The highest BCUT2D eigenvalue weighted by Crippen LogP contribution is 2.09. The van der Waals surface area contributed by atoms with Gasteiger partial charge in [0.1, 0.15) is 24.8 Å². The zero-order valence-corrected chi connectivity index (χ0v) is 35.1. The summed E-state index contributed by atoms with van der Waals surface area (Å²) in [7, 11) is 0. The van der Waals surface area contributed by atoms with Crippen LogP contribution in [-0.2, 0) is 38.6 Å². The van der Waals surface area contributed by atoms with E-state index in [-0.39, 0.29) is 48.6 Å². The average molecular weight is 812 g/mol. The van der Waals surface area contributed by atoms with Gasteiger partial charge in [0.25, 0.3) is 0 Å². The molecule has 0 radical (unpaired) electrons. The van der Waals surface area contributed by atoms with Crippen LogP contribution >= 0.6 is 0 Å². The topological polar surface area (TPSA) is 193 Å². The van der Waals surface area contributed by atoms with E-state index in [2.05, 4.69) is 39.8 Å². The third-order valence-corrected chi connectivity index (χ3v) is 9.49. The SMILES string of the molecule is CCCCCCn1ccc(CC(=O)CCCCCCCNC(=O)OC/C=C/COC(=O)CCCCCCCNC(=O)Nc2ccn(CCCCCC)c(=O)n2)nc1=O. The molecule has 0 aliphatic heterocycles. The molecule has 0 aliphatic carbocycles. The van der Waals surface area contributed by atoms with E-state index in [4.69, 9.17) is 9.47 Å². The van der Waals surface area contributed by atoms with E-state index < -0.39 is 12.1 Å². The first-order valence-corrected chi connectivity index (χ1v) is 21.6. The number of amides is 3. The number of esters is 1. The number of aryl methyl sites for hydroxylation is 2. The van der Waals surface area contributed by atoms with Crippen molar-refractivity contribution in [2.45, 2.75) is 162 Å². The minimum Gasteiger partial charge on any atom is -0.461 e. The molecule has 2 heterocycles. The molecule has 0 aromatic carbocycles. The quantitative estimate of drug-likeness (QED) is 0.0372. The van der Waals surface area contributed by atoms with Crippen LogP contribution in [-0.4, -0.2) is 69.3 Å². The van der Waals surface area contributed by atoms with E-state index in [0.29, 0.717) is 51.1 Å². The Morgan fingerprint density at radius 1 is 0.621 bits per heavy atom. The second-order valence-electron chi connectivity index (χ2n) is 14.6. The van der Waals surface area contributed by atoms with Gasteiger partial charge < -0.3 is 20.1 Å². The average Bonchev–Trinajstić information content (AvgIpc) is 3.19. The molecule has 58 heavy (non-hydrogen) atoms. The van der Waals surface area contributed by atoms with Crippen LogP contribution in [0.2, 0.25) is 0 Å². The lowest BCUT2D eigenvalue weighted by Crippen LogP contribution is -2.31. The Morgan fingerprint density at radius 3 is 1.78 bits per heavy atom. The number of carbonyl (C=O) groups excluding carboxylic acids is 4. The van der Waals surface area contributed by atoms with Crippen molar-refractivity contribution < 1.29 is 28.7 Å². The number of aromatic nitrogens is 4. The first kappa shape index (κ1) is 49.3. The predicted molar refractivity (Wildman–Crippen MR) is 226 cm³/mol. The molecule has 2 aromatic rings. The molecule has 15 heteroatoms. The third-order valence-electron chi connectivity index (χ3n) is 9.49. The van der Waals surface area contributed by atoms with Crippen LogP contribution in [0.25, 0.3) is 0 Å². The van der Waals surface area contributed by atoms with Gasteiger partial charge in [-0.2, -0.15) is 9.97 Å². The number of ether oxygens (including phenoxy) is 2. The Kier molecular flexibility index (Phi) is 27.4. The van der Waals surface area contributed by atoms with Crippen molar-refractivity contribution in [3.05, 3.63) is 63.3 Å². The van der Waals surface area contributed by atoms with Gasteiger partial charge in [-0.1, -0.05) is 90.9 Å². The molecule has 0 fully saturated rings. The molecule has 0 bridgehead atoms. The van der Waals surface area contributed by atoms with Gasteiger partial charge in [0.05, 0.1) is 5.69 Å². The van der Waals surface area contributed by atoms with Crippen LogP contribution < -0.4 is 27.3 Å². The van der Waals surface area contributed by atoms with Crippen LogP contribution in [0, 0.1) is 0 Å². The van der Waals surface area contributed by atoms with Gasteiger partial charge in [0.2, 0.25) is 0 Å². The van der Waals surface area contributed by atoms with Gasteiger partial charge in [0.15, 0.2) is 0 Å². The fraction of sp³-hybridized carbons (Fsp3) is 0.674. The molecule has 3 N–H and O–H groups in total. The standard InChI is InChI=1S/C43H69N7O8/c1-3-5-7-19-29-49-31-25-36(46-41(49)54)35-37(51)23-15-11-9-14-18-28-45-43(56)58-34-22-21-33-57-39(52)24-16-12-10-13-17-27-44-40(53)47-38-26-32-50(42(55)48-38)30-20-8-6-4-2/h21-22,25-26,31-32H,3-20,23-24,27-30,33-35H2,1-2H3,(H,45,56)(H2,44,47,48,53,55)/b22-21+. The van der Waals surface area contributed by atoms with Crippen LogP contribution in [0.1, 0.15) is 148 Å². The van der Waals surface area contributed by atoms with Crippen molar-refractivity contribution >= 4 is 29.7 Å². The number of anilines is 1. The number of rotatable bonds is 33. The fourth-order valence-electron chi connectivity index (χ4n) is 6.09. The highest BCUT2D eigenvalue weighted by molar-refractivity contribution is 5.88. The number of nitrogens with zero attached hydrogens (tertiary/aromatic N) is 4. The van der Waals surface area contributed by atoms with Crippen molar-refractivity contribution in [3.8, 4) is 0 Å². The lowest BCUT2D eigenvalue weighted by atomic mass is 10.1. The number of Topliss-reactive ketones (excluding diaryl/α,β-unsaturated/α-hetero) is 1. The maximum Gasteiger partial charge on any atom is 0.407 e. The van der Waals surface area contributed by atoms with E-state index in [1.165, 1.54) is 0 Å². The summed E-state index contributed by atoms with van der Waals surface area (Å²) in [6, 6.07) is 3.00. The summed E-state index contributed by atoms with van der Waals surface area (Å²) >= 11 is 0. The molecule has 0 spiro atoms. The minimum atomic E-state index is -0.506. The molecule has 0 unspecified atom stereocenters. The van der Waals surface area contributed by atoms with E-state index in [0.717, 1.165) is 109 Å². The van der Waals surface area contributed by atoms with Crippen LogP contribution in [0.15, 0.2) is 46.3 Å². The third kappa shape index (κ3) is 24.7. The molecule has 324 valence electrons. The van der Waals surface area contributed by atoms with Crippen LogP contribution in [0.5, 0.6) is 0 Å². The normalized spacial score (nSPS) is 11.1. The smallest absolute Gasteiger partial charge is 0.407 e. The predicted octanol–water partition coefficient (Wildman–Crippen LogP) is 7.40. The number of ketones is 1. The van der Waals surface area contributed by atoms with Crippen LogP contribution in [0.3, 0.4) is 0 Å². The number of hydrogen-bond acceptors (Lipinski definition) is 10. The maximum atomic E-state index is 12.3. The largest absolute Gasteiger partial charge is 0.461 e. The zero-order valence-electron chi connectivity index (χ0n) is 35.1. The molecule has 0 saturated heterocycles. The second kappa shape index (κ2) is 32.2. The summed E-state index contributed by atoms with van der Waals surface area (Å²) < 4.78 is 13.5. The zero-order chi connectivity index (χ0) is 42.1. The molecule has 2 aromatic heterocycles. The first-order chi connectivity index (χ1) is 28.2. The highest BCUT2D eigenvalue weighted by Gasteiger charge is 2.09. The van der Waals surface area contributed by atoms with Crippen molar-refractivity contribution in [1.82, 2.24) is 29.7 Å². The first-order valence-electron chi connectivity index (χ1n) is 21.6. The molecule has 2 rings (SSSR count). The molecule has 15 nitrogen and oxygen atoms in total. The number of carbonyl (C=O) groups is 4. The van der Waals surface area contributed by atoms with Gasteiger partial charge in [-0.05, 0) is 62.8 Å². The lowest BCUT2D eigenvalue weighted by molar-refractivity contribution is -0.142.